The Morgan fingerprint density at radius 3 is 2.79 bits per heavy atom. The van der Waals surface area contributed by atoms with E-state index in [0.29, 0.717) is 23.7 Å². The van der Waals surface area contributed by atoms with E-state index in [9.17, 15) is 4.79 Å². The molecular weight excluding hydrogens is 322 g/mol. The van der Waals surface area contributed by atoms with Crippen molar-refractivity contribution in [2.75, 3.05) is 13.1 Å². The van der Waals surface area contributed by atoms with Gasteiger partial charge in [0.1, 0.15) is 0 Å². The molecule has 0 unspecified atom stereocenters. The van der Waals surface area contributed by atoms with E-state index in [1.54, 1.807) is 12.1 Å². The summed E-state index contributed by atoms with van der Waals surface area (Å²) in [4.78, 5) is 14.5. The van der Waals surface area contributed by atoms with Crippen molar-refractivity contribution in [3.05, 3.63) is 70.2 Å². The number of halogens is 1. The average molecular weight is 344 g/mol. The fraction of sp³-hybridized carbons (Fsp3) is 0.350. The molecule has 3 rings (SSSR count). The molecule has 0 aliphatic carbocycles. The summed E-state index contributed by atoms with van der Waals surface area (Å²) < 4.78 is 6.03. The number of hydrogen-bond donors (Lipinski definition) is 0. The number of benzene rings is 2. The van der Waals surface area contributed by atoms with Gasteiger partial charge in [-0.25, -0.2) is 0 Å². The summed E-state index contributed by atoms with van der Waals surface area (Å²) in [6, 6.07) is 15.5. The first-order valence-corrected chi connectivity index (χ1v) is 8.71. The van der Waals surface area contributed by atoms with Gasteiger partial charge in [0, 0.05) is 23.7 Å². The molecular formula is C20H22ClNO2. The van der Waals surface area contributed by atoms with Crippen molar-refractivity contribution in [2.24, 2.45) is 0 Å². The van der Waals surface area contributed by atoms with Crippen molar-refractivity contribution in [1.29, 1.82) is 0 Å². The van der Waals surface area contributed by atoms with Gasteiger partial charge in [0.15, 0.2) is 0 Å². The van der Waals surface area contributed by atoms with Gasteiger partial charge < -0.3 is 9.64 Å². The molecule has 1 saturated heterocycles. The van der Waals surface area contributed by atoms with Crippen molar-refractivity contribution < 1.29 is 9.53 Å². The number of carbonyl (C=O) groups is 1. The third kappa shape index (κ3) is 4.37. The maximum Gasteiger partial charge on any atom is 0.253 e. The van der Waals surface area contributed by atoms with Crippen molar-refractivity contribution in [3.8, 4) is 0 Å². The number of amides is 1. The van der Waals surface area contributed by atoms with E-state index in [1.165, 1.54) is 11.1 Å². The molecule has 0 aromatic heterocycles. The molecule has 1 amide bonds. The van der Waals surface area contributed by atoms with Crippen LogP contribution in [-0.4, -0.2) is 30.0 Å². The molecule has 24 heavy (non-hydrogen) atoms. The topological polar surface area (TPSA) is 29.5 Å². The smallest absolute Gasteiger partial charge is 0.253 e. The summed E-state index contributed by atoms with van der Waals surface area (Å²) in [5, 5.41) is 0.588. The molecule has 1 heterocycles. The maximum absolute atomic E-state index is 12.6. The molecule has 1 aliphatic rings. The van der Waals surface area contributed by atoms with Crippen molar-refractivity contribution in [3.63, 3.8) is 0 Å². The summed E-state index contributed by atoms with van der Waals surface area (Å²) in [6.45, 7) is 4.07. The van der Waals surface area contributed by atoms with Crippen LogP contribution < -0.4 is 0 Å². The summed E-state index contributed by atoms with van der Waals surface area (Å²) in [6.07, 6.45) is 2.04. The molecule has 0 saturated carbocycles. The van der Waals surface area contributed by atoms with Crippen LogP contribution in [0, 0.1) is 6.92 Å². The first kappa shape index (κ1) is 17.0. The molecule has 1 fully saturated rings. The van der Waals surface area contributed by atoms with E-state index >= 15 is 0 Å². The van der Waals surface area contributed by atoms with Crippen LogP contribution in [0.25, 0.3) is 0 Å². The van der Waals surface area contributed by atoms with Crippen molar-refractivity contribution >= 4 is 17.5 Å². The van der Waals surface area contributed by atoms with E-state index in [2.05, 4.69) is 31.2 Å². The van der Waals surface area contributed by atoms with Crippen LogP contribution in [0.1, 0.15) is 34.3 Å². The van der Waals surface area contributed by atoms with Gasteiger partial charge in [-0.2, -0.15) is 0 Å². The third-order valence-electron chi connectivity index (χ3n) is 4.34. The second kappa shape index (κ2) is 7.82. The van der Waals surface area contributed by atoms with Gasteiger partial charge in [-0.3, -0.25) is 4.79 Å². The second-order valence-corrected chi connectivity index (χ2v) is 6.76. The van der Waals surface area contributed by atoms with Crippen LogP contribution in [0.2, 0.25) is 5.02 Å². The highest BCUT2D eigenvalue weighted by molar-refractivity contribution is 6.30. The minimum absolute atomic E-state index is 0.0288. The number of hydrogen-bond acceptors (Lipinski definition) is 2. The lowest BCUT2D eigenvalue weighted by molar-refractivity contribution is -0.00673. The summed E-state index contributed by atoms with van der Waals surface area (Å²) in [5.74, 6) is 0.0288. The zero-order valence-electron chi connectivity index (χ0n) is 13.9. The highest BCUT2D eigenvalue weighted by atomic mass is 35.5. The number of nitrogens with zero attached hydrogens (tertiary/aromatic N) is 1. The van der Waals surface area contributed by atoms with E-state index in [4.69, 9.17) is 16.3 Å². The van der Waals surface area contributed by atoms with E-state index in [1.807, 2.05) is 17.0 Å². The first-order chi connectivity index (χ1) is 11.6. The molecule has 0 N–H and O–H groups in total. The zero-order chi connectivity index (χ0) is 16.9. The Morgan fingerprint density at radius 2 is 2.04 bits per heavy atom. The minimum atomic E-state index is 0.0288. The van der Waals surface area contributed by atoms with Crippen molar-refractivity contribution in [2.45, 2.75) is 32.5 Å². The van der Waals surface area contributed by atoms with Gasteiger partial charge in [0.25, 0.3) is 5.91 Å². The number of rotatable bonds is 4. The molecule has 0 spiro atoms. The Kier molecular flexibility index (Phi) is 5.54. The lowest BCUT2D eigenvalue weighted by atomic mass is 10.1. The molecule has 0 bridgehead atoms. The van der Waals surface area contributed by atoms with Gasteiger partial charge in [-0.05, 0) is 43.5 Å². The molecule has 126 valence electrons. The van der Waals surface area contributed by atoms with Crippen LogP contribution >= 0.6 is 11.6 Å². The molecule has 2 aromatic carbocycles. The van der Waals surface area contributed by atoms with E-state index < -0.39 is 0 Å². The fourth-order valence-electron chi connectivity index (χ4n) is 2.96. The summed E-state index contributed by atoms with van der Waals surface area (Å²) in [7, 11) is 0. The third-order valence-corrected chi connectivity index (χ3v) is 4.58. The van der Waals surface area contributed by atoms with Gasteiger partial charge in [0.05, 0.1) is 12.7 Å². The Bertz CT molecular complexity index is 699. The van der Waals surface area contributed by atoms with Gasteiger partial charge in [-0.1, -0.05) is 47.5 Å². The first-order valence-electron chi connectivity index (χ1n) is 8.34. The second-order valence-electron chi connectivity index (χ2n) is 6.32. The number of aryl methyl sites for hydroxylation is 1. The van der Waals surface area contributed by atoms with Gasteiger partial charge >= 0.3 is 0 Å². The molecule has 4 heteroatoms. The largest absolute Gasteiger partial charge is 0.372 e. The Morgan fingerprint density at radius 1 is 1.25 bits per heavy atom. The number of piperidine rings is 1. The highest BCUT2D eigenvalue weighted by Gasteiger charge is 2.25. The predicted molar refractivity (Wildman–Crippen MR) is 96.3 cm³/mol. The number of carbonyl (C=O) groups excluding carboxylic acids is 1. The zero-order valence-corrected chi connectivity index (χ0v) is 14.6. The Labute approximate surface area is 148 Å². The van der Waals surface area contributed by atoms with Crippen LogP contribution in [0.3, 0.4) is 0 Å². The Hall–Kier alpha value is -1.84. The fourth-order valence-corrected chi connectivity index (χ4v) is 3.15. The molecule has 0 radical (unpaired) electrons. The molecule has 3 nitrogen and oxygen atoms in total. The van der Waals surface area contributed by atoms with E-state index in [0.717, 1.165) is 19.4 Å². The quantitative estimate of drug-likeness (QED) is 0.819. The number of ether oxygens (including phenoxy) is 1. The normalized spacial score (nSPS) is 17.8. The summed E-state index contributed by atoms with van der Waals surface area (Å²) >= 11 is 5.99. The predicted octanol–water partition coefficient (Wildman–Crippen LogP) is 4.47. The lowest BCUT2D eigenvalue weighted by Gasteiger charge is -2.32. The minimum Gasteiger partial charge on any atom is -0.372 e. The standard InChI is InChI=1S/C20H22ClNO2/c1-15-7-9-16(10-8-15)14-24-19-6-3-11-22(13-19)20(23)17-4-2-5-18(21)12-17/h2,4-5,7-10,12,19H,3,6,11,13-14H2,1H3/t19-/m1/s1. The lowest BCUT2D eigenvalue weighted by Crippen LogP contribution is -2.43. The van der Waals surface area contributed by atoms with Gasteiger partial charge in [0.2, 0.25) is 0 Å². The Balaban J connectivity index is 1.57. The van der Waals surface area contributed by atoms with Gasteiger partial charge in [-0.15, -0.1) is 0 Å². The van der Waals surface area contributed by atoms with Crippen LogP contribution in [-0.2, 0) is 11.3 Å². The molecule has 1 aliphatic heterocycles. The monoisotopic (exact) mass is 343 g/mol. The van der Waals surface area contributed by atoms with E-state index in [-0.39, 0.29) is 12.0 Å². The average Bonchev–Trinajstić information content (AvgIpc) is 2.61. The summed E-state index contributed by atoms with van der Waals surface area (Å²) in [5.41, 5.74) is 3.05. The van der Waals surface area contributed by atoms with Crippen molar-refractivity contribution in [1.82, 2.24) is 4.90 Å². The number of likely N-dealkylation sites (tertiary alicyclic amines) is 1. The van der Waals surface area contributed by atoms with Crippen LogP contribution in [0.5, 0.6) is 0 Å². The maximum atomic E-state index is 12.6. The molecule has 1 atom stereocenters. The highest BCUT2D eigenvalue weighted by Crippen LogP contribution is 2.19. The van der Waals surface area contributed by atoms with Crippen LogP contribution in [0.15, 0.2) is 48.5 Å². The molecule has 2 aromatic rings. The SMILES string of the molecule is Cc1ccc(CO[C@@H]2CCCN(C(=O)c3cccc(Cl)c3)C2)cc1. The van der Waals surface area contributed by atoms with Crippen LogP contribution in [0.4, 0.5) is 0 Å².